The molecule has 0 saturated heterocycles. The number of phenols is 1. The van der Waals surface area contributed by atoms with Crippen molar-refractivity contribution in [3.05, 3.63) is 59.1 Å². The van der Waals surface area contributed by atoms with Gasteiger partial charge in [-0.15, -0.1) is 0 Å². The van der Waals surface area contributed by atoms with Crippen LogP contribution in [0.15, 0.2) is 48.5 Å². The molecule has 2 rings (SSSR count). The zero-order valence-corrected chi connectivity index (χ0v) is 9.52. The van der Waals surface area contributed by atoms with Gasteiger partial charge in [0.25, 0.3) is 0 Å². The molecule has 0 atom stereocenters. The molecule has 0 fully saturated rings. The van der Waals surface area contributed by atoms with Crippen molar-refractivity contribution in [1.82, 2.24) is 0 Å². The van der Waals surface area contributed by atoms with Crippen molar-refractivity contribution in [1.29, 1.82) is 0 Å². The first-order valence-corrected chi connectivity index (χ1v) is 5.30. The molecular formula is C13H9ClO3. The molecule has 0 bridgehead atoms. The van der Waals surface area contributed by atoms with Crippen LogP contribution in [-0.2, 0) is 0 Å². The number of rotatable bonds is 2. The van der Waals surface area contributed by atoms with Gasteiger partial charge in [0.1, 0.15) is 0 Å². The monoisotopic (exact) mass is 248 g/mol. The van der Waals surface area contributed by atoms with E-state index in [1.165, 1.54) is 18.2 Å². The van der Waals surface area contributed by atoms with Crippen LogP contribution in [-0.4, -0.2) is 11.1 Å². The molecule has 2 aromatic rings. The highest BCUT2D eigenvalue weighted by Gasteiger charge is 2.10. The fourth-order valence-corrected chi connectivity index (χ4v) is 1.48. The van der Waals surface area contributed by atoms with Crippen LogP contribution in [0.4, 0.5) is 0 Å². The molecule has 0 amide bonds. The number of esters is 1. The molecule has 0 aliphatic heterocycles. The van der Waals surface area contributed by atoms with Gasteiger partial charge in [0.05, 0.1) is 5.56 Å². The lowest BCUT2D eigenvalue weighted by atomic mass is 10.2. The number of phenolic OH excluding ortho intramolecular Hbond substituents is 1. The lowest BCUT2D eigenvalue weighted by Crippen LogP contribution is -2.08. The van der Waals surface area contributed by atoms with Crippen molar-refractivity contribution < 1.29 is 14.6 Å². The summed E-state index contributed by atoms with van der Waals surface area (Å²) >= 11 is 5.67. The van der Waals surface area contributed by atoms with Gasteiger partial charge in [-0.1, -0.05) is 29.8 Å². The maximum Gasteiger partial charge on any atom is 0.343 e. The van der Waals surface area contributed by atoms with E-state index in [4.69, 9.17) is 16.3 Å². The third kappa shape index (κ3) is 2.77. The van der Waals surface area contributed by atoms with E-state index in [1.807, 2.05) is 0 Å². The summed E-state index contributed by atoms with van der Waals surface area (Å²) < 4.78 is 5.04. The minimum absolute atomic E-state index is 0.0863. The fourth-order valence-electron chi connectivity index (χ4n) is 1.31. The van der Waals surface area contributed by atoms with Gasteiger partial charge in [0.2, 0.25) is 0 Å². The van der Waals surface area contributed by atoms with E-state index in [2.05, 4.69) is 0 Å². The van der Waals surface area contributed by atoms with Gasteiger partial charge in [0, 0.05) is 11.1 Å². The minimum Gasteiger partial charge on any atom is -0.504 e. The third-order valence-corrected chi connectivity index (χ3v) is 2.37. The Morgan fingerprint density at radius 1 is 1.12 bits per heavy atom. The minimum atomic E-state index is -0.525. The number of carbonyl (C=O) groups is 1. The number of aromatic hydroxyl groups is 1. The predicted octanol–water partition coefficient (Wildman–Crippen LogP) is 3.26. The number of hydrogen-bond acceptors (Lipinski definition) is 3. The van der Waals surface area contributed by atoms with Crippen LogP contribution in [0.25, 0.3) is 0 Å². The van der Waals surface area contributed by atoms with Crippen LogP contribution in [0.5, 0.6) is 11.5 Å². The Labute approximate surface area is 103 Å². The fraction of sp³-hybridized carbons (Fsp3) is 0. The number of ether oxygens (including phenoxy) is 1. The Morgan fingerprint density at radius 2 is 1.82 bits per heavy atom. The van der Waals surface area contributed by atoms with Gasteiger partial charge in [-0.25, -0.2) is 4.79 Å². The molecule has 0 radical (unpaired) electrons. The van der Waals surface area contributed by atoms with Crippen LogP contribution in [0.3, 0.4) is 0 Å². The third-order valence-electron chi connectivity index (χ3n) is 2.13. The number of halogens is 1. The quantitative estimate of drug-likeness (QED) is 0.655. The summed E-state index contributed by atoms with van der Waals surface area (Å²) in [6.07, 6.45) is 0. The summed E-state index contributed by atoms with van der Waals surface area (Å²) in [6.45, 7) is 0. The van der Waals surface area contributed by atoms with Gasteiger partial charge in [-0.05, 0) is 24.3 Å². The second kappa shape index (κ2) is 4.89. The largest absolute Gasteiger partial charge is 0.504 e. The van der Waals surface area contributed by atoms with Crippen LogP contribution in [0.2, 0.25) is 5.02 Å². The van der Waals surface area contributed by atoms with Crippen LogP contribution < -0.4 is 4.74 Å². The van der Waals surface area contributed by atoms with E-state index < -0.39 is 5.97 Å². The zero-order valence-electron chi connectivity index (χ0n) is 8.76. The summed E-state index contributed by atoms with van der Waals surface area (Å²) in [6, 6.07) is 12.8. The van der Waals surface area contributed by atoms with Crippen LogP contribution >= 0.6 is 11.6 Å². The van der Waals surface area contributed by atoms with Gasteiger partial charge >= 0.3 is 5.97 Å². The number of benzene rings is 2. The van der Waals surface area contributed by atoms with Gasteiger partial charge in [-0.2, -0.15) is 0 Å². The molecule has 0 unspecified atom stereocenters. The number of hydrogen-bond donors (Lipinski definition) is 1. The zero-order chi connectivity index (χ0) is 12.3. The molecule has 0 aliphatic rings. The highest BCUT2D eigenvalue weighted by Crippen LogP contribution is 2.29. The Balaban J connectivity index is 2.19. The smallest absolute Gasteiger partial charge is 0.343 e. The molecule has 17 heavy (non-hydrogen) atoms. The molecule has 0 heterocycles. The first kappa shape index (κ1) is 11.5. The summed E-state index contributed by atoms with van der Waals surface area (Å²) in [4.78, 5) is 11.7. The molecule has 0 saturated carbocycles. The standard InChI is InChI=1S/C13H9ClO3/c14-10-6-7-12(11(15)8-10)17-13(16)9-4-2-1-3-5-9/h1-8,15H. The van der Waals surface area contributed by atoms with E-state index in [9.17, 15) is 9.90 Å². The second-order valence-electron chi connectivity index (χ2n) is 3.37. The Morgan fingerprint density at radius 3 is 2.47 bits per heavy atom. The molecular weight excluding hydrogens is 240 g/mol. The maximum atomic E-state index is 11.7. The molecule has 0 aromatic heterocycles. The van der Waals surface area contributed by atoms with Crippen molar-refractivity contribution in [2.24, 2.45) is 0 Å². The topological polar surface area (TPSA) is 46.5 Å². The first-order valence-electron chi connectivity index (χ1n) is 4.92. The highest BCUT2D eigenvalue weighted by molar-refractivity contribution is 6.30. The van der Waals surface area contributed by atoms with Crippen molar-refractivity contribution in [3.63, 3.8) is 0 Å². The summed E-state index contributed by atoms with van der Waals surface area (Å²) in [7, 11) is 0. The summed E-state index contributed by atoms with van der Waals surface area (Å²) in [5.41, 5.74) is 0.418. The normalized spacial score (nSPS) is 9.94. The SMILES string of the molecule is O=C(Oc1ccc(Cl)cc1O)c1ccccc1. The second-order valence-corrected chi connectivity index (χ2v) is 3.80. The van der Waals surface area contributed by atoms with E-state index in [0.29, 0.717) is 10.6 Å². The first-order chi connectivity index (χ1) is 8.16. The van der Waals surface area contributed by atoms with Crippen LogP contribution in [0.1, 0.15) is 10.4 Å². The molecule has 3 nitrogen and oxygen atoms in total. The van der Waals surface area contributed by atoms with Gasteiger partial charge < -0.3 is 9.84 Å². The lowest BCUT2D eigenvalue weighted by molar-refractivity contribution is 0.0729. The van der Waals surface area contributed by atoms with E-state index >= 15 is 0 Å². The molecule has 2 aromatic carbocycles. The van der Waals surface area contributed by atoms with E-state index in [0.717, 1.165) is 0 Å². The average molecular weight is 249 g/mol. The Kier molecular flexibility index (Phi) is 3.30. The molecule has 0 spiro atoms. The number of carbonyl (C=O) groups excluding carboxylic acids is 1. The Hall–Kier alpha value is -2.00. The lowest BCUT2D eigenvalue weighted by Gasteiger charge is -2.06. The Bertz CT molecular complexity index is 538. The van der Waals surface area contributed by atoms with Crippen molar-refractivity contribution in [2.45, 2.75) is 0 Å². The van der Waals surface area contributed by atoms with Gasteiger partial charge in [0.15, 0.2) is 11.5 Å². The van der Waals surface area contributed by atoms with E-state index in [1.54, 1.807) is 30.3 Å². The molecule has 0 aliphatic carbocycles. The summed E-state index contributed by atoms with van der Waals surface area (Å²) in [5, 5.41) is 9.90. The summed E-state index contributed by atoms with van der Waals surface area (Å²) in [5.74, 6) is -0.603. The van der Waals surface area contributed by atoms with Crippen molar-refractivity contribution >= 4 is 17.6 Å². The molecule has 4 heteroatoms. The average Bonchev–Trinajstić information content (AvgIpc) is 2.34. The molecule has 86 valence electrons. The maximum absolute atomic E-state index is 11.7. The van der Waals surface area contributed by atoms with E-state index in [-0.39, 0.29) is 11.5 Å². The van der Waals surface area contributed by atoms with Crippen molar-refractivity contribution in [3.8, 4) is 11.5 Å². The molecule has 1 N–H and O–H groups in total. The highest BCUT2D eigenvalue weighted by atomic mass is 35.5. The van der Waals surface area contributed by atoms with Crippen molar-refractivity contribution in [2.75, 3.05) is 0 Å². The predicted molar refractivity (Wildman–Crippen MR) is 64.5 cm³/mol. The van der Waals surface area contributed by atoms with Crippen LogP contribution in [0, 0.1) is 0 Å². The van der Waals surface area contributed by atoms with Gasteiger partial charge in [-0.3, -0.25) is 0 Å².